The lowest BCUT2D eigenvalue weighted by atomic mass is 10.1. The summed E-state index contributed by atoms with van der Waals surface area (Å²) in [7, 11) is -3.99. The van der Waals surface area contributed by atoms with Gasteiger partial charge in [-0.15, -0.1) is 0 Å². The lowest BCUT2D eigenvalue weighted by Crippen LogP contribution is -2.37. The fourth-order valence-corrected chi connectivity index (χ4v) is 5.37. The Morgan fingerprint density at radius 3 is 2.62 bits per heavy atom. The molecule has 1 aromatic carbocycles. The summed E-state index contributed by atoms with van der Waals surface area (Å²) in [6.07, 6.45) is 1.15. The van der Waals surface area contributed by atoms with Crippen LogP contribution in [0.2, 0.25) is 0 Å². The Morgan fingerprint density at radius 2 is 2.00 bits per heavy atom. The standard InChI is InChI=1S/C17H20N2O6S/c1-10(2)19-17(23)13-6-5-11(8-14(13)26(19,24)25)16(22)18-7-3-4-12(18)9-15(20)21/h5-6,8,10,12H,3-4,7,9H2,1-2H3,(H,20,21). The van der Waals surface area contributed by atoms with Crippen molar-refractivity contribution in [2.75, 3.05) is 6.54 Å². The second-order valence-electron chi connectivity index (χ2n) is 6.80. The van der Waals surface area contributed by atoms with Crippen LogP contribution < -0.4 is 0 Å². The largest absolute Gasteiger partial charge is 0.481 e. The van der Waals surface area contributed by atoms with E-state index in [1.165, 1.54) is 23.1 Å². The molecule has 1 N–H and O–H groups in total. The zero-order valence-electron chi connectivity index (χ0n) is 14.5. The predicted molar refractivity (Wildman–Crippen MR) is 91.2 cm³/mol. The smallest absolute Gasteiger partial charge is 0.305 e. The Morgan fingerprint density at radius 1 is 1.31 bits per heavy atom. The molecule has 1 saturated heterocycles. The minimum Gasteiger partial charge on any atom is -0.481 e. The molecule has 0 radical (unpaired) electrons. The highest BCUT2D eigenvalue weighted by Crippen LogP contribution is 2.33. The Hall–Kier alpha value is -2.42. The second-order valence-corrected chi connectivity index (χ2v) is 8.59. The van der Waals surface area contributed by atoms with Crippen molar-refractivity contribution in [3.63, 3.8) is 0 Å². The van der Waals surface area contributed by atoms with E-state index in [1.807, 2.05) is 0 Å². The SMILES string of the molecule is CC(C)N1C(=O)c2ccc(C(=O)N3CCCC3CC(=O)O)cc2S1(=O)=O. The van der Waals surface area contributed by atoms with E-state index in [1.54, 1.807) is 13.8 Å². The van der Waals surface area contributed by atoms with E-state index >= 15 is 0 Å². The fraction of sp³-hybridized carbons (Fsp3) is 0.471. The van der Waals surface area contributed by atoms with Crippen LogP contribution in [0.15, 0.2) is 23.1 Å². The van der Waals surface area contributed by atoms with Gasteiger partial charge in [-0.1, -0.05) is 0 Å². The molecule has 2 aliphatic rings. The Labute approximate surface area is 151 Å². The quantitative estimate of drug-likeness (QED) is 0.843. The van der Waals surface area contributed by atoms with Crippen LogP contribution in [0.5, 0.6) is 0 Å². The molecule has 2 heterocycles. The summed E-state index contributed by atoms with van der Waals surface area (Å²) in [5.74, 6) is -1.99. The number of carbonyl (C=O) groups excluding carboxylic acids is 2. The molecule has 8 nitrogen and oxygen atoms in total. The van der Waals surface area contributed by atoms with Crippen LogP contribution in [0, 0.1) is 0 Å². The van der Waals surface area contributed by atoms with Gasteiger partial charge in [0.05, 0.1) is 12.0 Å². The number of hydrogen-bond acceptors (Lipinski definition) is 5. The number of rotatable bonds is 4. The number of aliphatic carboxylic acids is 1. The first kappa shape index (κ1) is 18.4. The van der Waals surface area contributed by atoms with Gasteiger partial charge in [0.25, 0.3) is 21.8 Å². The van der Waals surface area contributed by atoms with Crippen LogP contribution in [0.1, 0.15) is 53.8 Å². The predicted octanol–water partition coefficient (Wildman–Crippen LogP) is 1.32. The second kappa shape index (κ2) is 6.39. The van der Waals surface area contributed by atoms with Gasteiger partial charge in [0.15, 0.2) is 0 Å². The van der Waals surface area contributed by atoms with Crippen LogP contribution in [-0.2, 0) is 14.8 Å². The van der Waals surface area contributed by atoms with Gasteiger partial charge in [-0.05, 0) is 44.9 Å². The molecule has 1 aromatic rings. The first-order chi connectivity index (χ1) is 12.1. The van der Waals surface area contributed by atoms with Crippen molar-refractivity contribution in [3.8, 4) is 0 Å². The molecule has 0 bridgehead atoms. The molecule has 9 heteroatoms. The maximum Gasteiger partial charge on any atom is 0.305 e. The Bertz CT molecular complexity index is 893. The molecule has 1 unspecified atom stereocenters. The topological polar surface area (TPSA) is 112 Å². The summed E-state index contributed by atoms with van der Waals surface area (Å²) >= 11 is 0. The number of carbonyl (C=O) groups is 3. The van der Waals surface area contributed by atoms with Crippen LogP contribution in [0.3, 0.4) is 0 Å². The van der Waals surface area contributed by atoms with Crippen LogP contribution in [0.25, 0.3) is 0 Å². The van der Waals surface area contributed by atoms with Crippen LogP contribution >= 0.6 is 0 Å². The van der Waals surface area contributed by atoms with Crippen molar-refractivity contribution in [2.45, 2.75) is 50.1 Å². The highest BCUT2D eigenvalue weighted by atomic mass is 32.2. The van der Waals surface area contributed by atoms with Crippen molar-refractivity contribution in [1.29, 1.82) is 0 Å². The molecule has 1 atom stereocenters. The maximum absolute atomic E-state index is 12.8. The first-order valence-electron chi connectivity index (χ1n) is 8.40. The average molecular weight is 380 g/mol. The summed E-state index contributed by atoms with van der Waals surface area (Å²) in [5.41, 5.74) is 0.196. The van der Waals surface area contributed by atoms with Gasteiger partial charge in [-0.2, -0.15) is 0 Å². The number of nitrogens with zero attached hydrogens (tertiary/aromatic N) is 2. The number of carboxylic acid groups (broad SMARTS) is 1. The van der Waals surface area contributed by atoms with Gasteiger partial charge >= 0.3 is 5.97 Å². The molecule has 0 aromatic heterocycles. The van der Waals surface area contributed by atoms with E-state index in [2.05, 4.69) is 0 Å². The zero-order chi connectivity index (χ0) is 19.2. The summed E-state index contributed by atoms with van der Waals surface area (Å²) in [4.78, 5) is 37.4. The minimum atomic E-state index is -3.99. The van der Waals surface area contributed by atoms with E-state index in [0.717, 1.165) is 4.31 Å². The van der Waals surface area contributed by atoms with Crippen LogP contribution in [0.4, 0.5) is 0 Å². The molecular weight excluding hydrogens is 360 g/mol. The van der Waals surface area contributed by atoms with Crippen molar-refractivity contribution in [1.82, 2.24) is 9.21 Å². The Kier molecular flexibility index (Phi) is 4.51. The van der Waals surface area contributed by atoms with E-state index in [9.17, 15) is 22.8 Å². The van der Waals surface area contributed by atoms with Gasteiger partial charge in [-0.25, -0.2) is 12.7 Å². The number of carboxylic acids is 1. The van der Waals surface area contributed by atoms with E-state index in [4.69, 9.17) is 5.11 Å². The third kappa shape index (κ3) is 2.86. The van der Waals surface area contributed by atoms with E-state index in [-0.39, 0.29) is 22.4 Å². The molecular formula is C17H20N2O6S. The molecule has 26 heavy (non-hydrogen) atoms. The number of hydrogen-bond donors (Lipinski definition) is 1. The normalized spacial score (nSPS) is 21.3. The third-order valence-electron chi connectivity index (χ3n) is 4.71. The monoisotopic (exact) mass is 380 g/mol. The van der Waals surface area contributed by atoms with E-state index < -0.39 is 39.9 Å². The van der Waals surface area contributed by atoms with Crippen molar-refractivity contribution < 1.29 is 27.9 Å². The lowest BCUT2D eigenvalue weighted by Gasteiger charge is -2.23. The number of likely N-dealkylation sites (tertiary alicyclic amines) is 1. The lowest BCUT2D eigenvalue weighted by molar-refractivity contribution is -0.137. The summed E-state index contributed by atoms with van der Waals surface area (Å²) in [6.45, 7) is 3.64. The summed E-state index contributed by atoms with van der Waals surface area (Å²) < 4.78 is 26.1. The average Bonchev–Trinajstić information content (AvgIpc) is 3.07. The highest BCUT2D eigenvalue weighted by molar-refractivity contribution is 7.90. The molecule has 0 aliphatic carbocycles. The summed E-state index contributed by atoms with van der Waals surface area (Å²) in [5, 5.41) is 8.99. The maximum atomic E-state index is 12.8. The molecule has 0 saturated carbocycles. The first-order valence-corrected chi connectivity index (χ1v) is 9.84. The van der Waals surface area contributed by atoms with Gasteiger partial charge < -0.3 is 10.0 Å². The van der Waals surface area contributed by atoms with Gasteiger partial charge in [0.1, 0.15) is 4.90 Å². The Balaban J connectivity index is 1.96. The van der Waals surface area contributed by atoms with Crippen molar-refractivity contribution in [2.24, 2.45) is 0 Å². The number of benzene rings is 1. The minimum absolute atomic E-state index is 0.0544. The number of fused-ring (bicyclic) bond motifs is 1. The highest BCUT2D eigenvalue weighted by Gasteiger charge is 2.43. The van der Waals surface area contributed by atoms with Crippen molar-refractivity contribution in [3.05, 3.63) is 29.3 Å². The number of amides is 2. The van der Waals surface area contributed by atoms with Crippen LogP contribution in [-0.4, -0.2) is 59.1 Å². The molecule has 0 spiro atoms. The molecule has 140 valence electrons. The molecule has 3 rings (SSSR count). The number of sulfonamides is 1. The van der Waals surface area contributed by atoms with Crippen molar-refractivity contribution >= 4 is 27.8 Å². The molecule has 2 amide bonds. The van der Waals surface area contributed by atoms with Gasteiger partial charge in [0.2, 0.25) is 0 Å². The fourth-order valence-electron chi connectivity index (χ4n) is 3.57. The molecule has 1 fully saturated rings. The van der Waals surface area contributed by atoms with Gasteiger partial charge in [-0.3, -0.25) is 14.4 Å². The van der Waals surface area contributed by atoms with E-state index in [0.29, 0.717) is 19.4 Å². The van der Waals surface area contributed by atoms with Gasteiger partial charge in [0, 0.05) is 24.2 Å². The third-order valence-corrected chi connectivity index (χ3v) is 6.71. The molecule has 2 aliphatic heterocycles. The summed E-state index contributed by atoms with van der Waals surface area (Å²) in [6, 6.07) is 3.07. The zero-order valence-corrected chi connectivity index (χ0v) is 15.3.